The van der Waals surface area contributed by atoms with Gasteiger partial charge in [0.1, 0.15) is 16.4 Å². The molecule has 190 valence electrons. The van der Waals surface area contributed by atoms with Crippen molar-refractivity contribution in [2.45, 2.75) is 43.5 Å². The highest BCUT2D eigenvalue weighted by atomic mass is 127. The van der Waals surface area contributed by atoms with Gasteiger partial charge >= 0.3 is 5.97 Å². The number of carbonyl (C=O) groups excluding carboxylic acids is 1. The standard InChI is InChI=1S/C25H26FIN4O3S2/c1-4-19(30-36(33)20-9-10-35-23(20)25(32)34-3)17(26)11-14(2)16-13-31(15-7-5-6-8-15)24-21(16)22(28)18(27)12-29-24/h4,9-13,15,30H,2,5-8H2,1,3H3,(H2,28,29)/b17-11+,19-4+. The van der Waals surface area contributed by atoms with Crippen molar-refractivity contribution in [3.63, 3.8) is 0 Å². The van der Waals surface area contributed by atoms with Crippen LogP contribution in [0.1, 0.15) is 53.9 Å². The number of hydrogen-bond donors (Lipinski definition) is 2. The van der Waals surface area contributed by atoms with Crippen LogP contribution in [0.2, 0.25) is 0 Å². The molecule has 3 heterocycles. The van der Waals surface area contributed by atoms with E-state index < -0.39 is 22.8 Å². The van der Waals surface area contributed by atoms with E-state index in [1.165, 1.54) is 19.3 Å². The summed E-state index contributed by atoms with van der Waals surface area (Å²) in [6, 6.07) is 1.86. The second-order valence-electron chi connectivity index (χ2n) is 8.30. The fourth-order valence-corrected chi connectivity index (χ4v) is 6.85. The molecule has 0 saturated heterocycles. The Hall–Kier alpha value is -2.51. The topological polar surface area (TPSA) is 99.2 Å². The maximum atomic E-state index is 15.4. The van der Waals surface area contributed by atoms with Crippen LogP contribution in [0.4, 0.5) is 10.1 Å². The molecule has 1 fully saturated rings. The van der Waals surface area contributed by atoms with Gasteiger partial charge in [0.2, 0.25) is 0 Å². The Morgan fingerprint density at radius 3 is 2.83 bits per heavy atom. The number of pyridine rings is 1. The molecule has 3 aromatic heterocycles. The quantitative estimate of drug-likeness (QED) is 0.172. The number of halogens is 2. The van der Waals surface area contributed by atoms with E-state index in [2.05, 4.69) is 43.4 Å². The highest BCUT2D eigenvalue weighted by Gasteiger charge is 2.24. The lowest BCUT2D eigenvalue weighted by molar-refractivity contribution is 0.0602. The predicted molar refractivity (Wildman–Crippen MR) is 152 cm³/mol. The molecule has 0 aromatic carbocycles. The summed E-state index contributed by atoms with van der Waals surface area (Å²) in [4.78, 5) is 17.0. The molecule has 3 aromatic rings. The van der Waals surface area contributed by atoms with Crippen LogP contribution < -0.4 is 10.5 Å². The Morgan fingerprint density at radius 2 is 2.17 bits per heavy atom. The zero-order chi connectivity index (χ0) is 26.0. The Labute approximate surface area is 229 Å². The monoisotopic (exact) mass is 640 g/mol. The predicted octanol–water partition coefficient (Wildman–Crippen LogP) is 6.27. The number of rotatable bonds is 8. The van der Waals surface area contributed by atoms with Crippen molar-refractivity contribution >= 4 is 73.2 Å². The number of aromatic nitrogens is 2. The number of anilines is 1. The van der Waals surface area contributed by atoms with Gasteiger partial charge in [-0.15, -0.1) is 11.3 Å². The van der Waals surface area contributed by atoms with E-state index in [0.29, 0.717) is 22.9 Å². The number of nitrogens with two attached hydrogens (primary N) is 1. The molecule has 0 aliphatic heterocycles. The van der Waals surface area contributed by atoms with Crippen molar-refractivity contribution in [1.29, 1.82) is 0 Å². The van der Waals surface area contributed by atoms with Gasteiger partial charge in [-0.05, 0) is 65.5 Å². The van der Waals surface area contributed by atoms with Gasteiger partial charge in [0.05, 0.1) is 32.3 Å². The van der Waals surface area contributed by atoms with Crippen LogP contribution in [0.5, 0.6) is 0 Å². The largest absolute Gasteiger partial charge is 0.465 e. The minimum Gasteiger partial charge on any atom is -0.465 e. The van der Waals surface area contributed by atoms with Crippen molar-refractivity contribution in [2.75, 3.05) is 12.8 Å². The third kappa shape index (κ3) is 5.14. The number of nitrogen functional groups attached to an aromatic ring is 1. The fraction of sp³-hybridized carbons (Fsp3) is 0.280. The number of thiophene rings is 1. The molecule has 36 heavy (non-hydrogen) atoms. The molecular formula is C25H26FIN4O3S2. The molecule has 0 spiro atoms. The number of fused-ring (bicyclic) bond motifs is 1. The van der Waals surface area contributed by atoms with Crippen molar-refractivity contribution < 1.29 is 18.1 Å². The molecular weight excluding hydrogens is 614 g/mol. The average molecular weight is 641 g/mol. The van der Waals surface area contributed by atoms with Gasteiger partial charge in [-0.1, -0.05) is 25.5 Å². The molecule has 1 saturated carbocycles. The number of methoxy groups -OCH3 is 1. The van der Waals surface area contributed by atoms with Gasteiger partial charge in [-0.3, -0.25) is 4.72 Å². The zero-order valence-electron chi connectivity index (χ0n) is 19.8. The molecule has 0 radical (unpaired) electrons. The minimum absolute atomic E-state index is 0.0108. The van der Waals surface area contributed by atoms with Gasteiger partial charge in [-0.25, -0.2) is 18.4 Å². The maximum absolute atomic E-state index is 15.4. The molecule has 0 amide bonds. The lowest BCUT2D eigenvalue weighted by atomic mass is 10.1. The maximum Gasteiger partial charge on any atom is 0.349 e. The first-order valence-corrected chi connectivity index (χ1v) is 14.4. The van der Waals surface area contributed by atoms with Gasteiger partial charge in [-0.2, -0.15) is 0 Å². The van der Waals surface area contributed by atoms with Gasteiger partial charge in [0, 0.05) is 24.0 Å². The number of allylic oxidation sites excluding steroid dienone is 4. The van der Waals surface area contributed by atoms with Crippen molar-refractivity contribution in [2.24, 2.45) is 0 Å². The summed E-state index contributed by atoms with van der Waals surface area (Å²) in [5, 5.41) is 2.38. The molecule has 1 aliphatic carbocycles. The van der Waals surface area contributed by atoms with Crippen LogP contribution in [0.3, 0.4) is 0 Å². The first-order chi connectivity index (χ1) is 17.3. The van der Waals surface area contributed by atoms with Gasteiger partial charge in [0.15, 0.2) is 11.0 Å². The zero-order valence-corrected chi connectivity index (χ0v) is 23.6. The molecule has 7 nitrogen and oxygen atoms in total. The first kappa shape index (κ1) is 26.6. The van der Waals surface area contributed by atoms with E-state index in [9.17, 15) is 9.00 Å². The highest BCUT2D eigenvalue weighted by molar-refractivity contribution is 14.1. The van der Waals surface area contributed by atoms with E-state index in [0.717, 1.165) is 51.6 Å². The summed E-state index contributed by atoms with van der Waals surface area (Å²) in [6.45, 7) is 5.74. The second-order valence-corrected chi connectivity index (χ2v) is 11.6. The van der Waals surface area contributed by atoms with E-state index in [-0.39, 0.29) is 15.5 Å². The summed E-state index contributed by atoms with van der Waals surface area (Å²) in [5.74, 6) is -1.24. The smallest absolute Gasteiger partial charge is 0.349 e. The van der Waals surface area contributed by atoms with Crippen molar-refractivity contribution in [3.8, 4) is 0 Å². The summed E-state index contributed by atoms with van der Waals surface area (Å²) in [5.41, 5.74) is 8.93. The Balaban J connectivity index is 1.65. The number of nitrogens with one attached hydrogen (secondary N) is 1. The SMILES string of the molecule is C=C(/C=C(F)\C(=C/C)NS(=O)c1ccsc1C(=O)OC)c1cn(C2CCCC2)c2ncc(I)c(N)c12. The van der Waals surface area contributed by atoms with Crippen molar-refractivity contribution in [1.82, 2.24) is 14.3 Å². The number of ether oxygens (including phenoxy) is 1. The van der Waals surface area contributed by atoms with E-state index >= 15 is 4.39 Å². The molecule has 1 aliphatic rings. The third-order valence-corrected chi connectivity index (χ3v) is 9.17. The summed E-state index contributed by atoms with van der Waals surface area (Å²) in [6.07, 6.45) is 10.9. The highest BCUT2D eigenvalue weighted by Crippen LogP contribution is 2.39. The van der Waals surface area contributed by atoms with Crippen LogP contribution in [-0.4, -0.2) is 26.8 Å². The lowest BCUT2D eigenvalue weighted by Gasteiger charge is -2.12. The van der Waals surface area contributed by atoms with Gasteiger partial charge < -0.3 is 15.0 Å². The molecule has 4 rings (SSSR count). The van der Waals surface area contributed by atoms with Crippen LogP contribution >= 0.6 is 33.9 Å². The molecule has 1 unspecified atom stereocenters. The normalized spacial score (nSPS) is 15.9. The number of esters is 1. The van der Waals surface area contributed by atoms with Crippen LogP contribution in [-0.2, 0) is 15.7 Å². The van der Waals surface area contributed by atoms with Crippen LogP contribution in [0.15, 0.2) is 59.0 Å². The Kier molecular flexibility index (Phi) is 8.30. The van der Waals surface area contributed by atoms with Gasteiger partial charge in [0.25, 0.3) is 0 Å². The number of carbonyl (C=O) groups is 1. The van der Waals surface area contributed by atoms with Crippen LogP contribution in [0, 0.1) is 3.57 Å². The van der Waals surface area contributed by atoms with Crippen molar-refractivity contribution in [3.05, 3.63) is 68.1 Å². The summed E-state index contributed by atoms with van der Waals surface area (Å²) >= 11 is 3.25. The Bertz CT molecular complexity index is 1420. The fourth-order valence-electron chi connectivity index (χ4n) is 4.32. The number of hydrogen-bond acceptors (Lipinski definition) is 6. The second kappa shape index (κ2) is 11.3. The summed E-state index contributed by atoms with van der Waals surface area (Å²) < 4.78 is 38.6. The third-order valence-electron chi connectivity index (χ3n) is 6.15. The lowest BCUT2D eigenvalue weighted by Crippen LogP contribution is -2.18. The molecule has 11 heteroatoms. The molecule has 3 N–H and O–H groups in total. The van der Waals surface area contributed by atoms with E-state index in [1.54, 1.807) is 24.6 Å². The molecule has 1 atom stereocenters. The number of nitrogens with zero attached hydrogens (tertiary/aromatic N) is 2. The Morgan fingerprint density at radius 1 is 1.44 bits per heavy atom. The summed E-state index contributed by atoms with van der Waals surface area (Å²) in [7, 11) is -0.626. The van der Waals surface area contributed by atoms with E-state index in [1.807, 2.05) is 6.20 Å². The molecule has 0 bridgehead atoms. The van der Waals surface area contributed by atoms with Crippen LogP contribution in [0.25, 0.3) is 16.6 Å². The minimum atomic E-state index is -1.88. The average Bonchev–Trinajstić information content (AvgIpc) is 3.63. The van der Waals surface area contributed by atoms with E-state index in [4.69, 9.17) is 10.5 Å². The first-order valence-electron chi connectivity index (χ1n) is 11.3.